The molecule has 34 heavy (non-hydrogen) atoms. The molecule has 9 nitrogen and oxygen atoms in total. The highest BCUT2D eigenvalue weighted by Gasteiger charge is 2.26. The molecule has 0 radical (unpaired) electrons. The Balaban J connectivity index is 1.68. The molecule has 1 aliphatic rings. The molecule has 0 fully saturated rings. The summed E-state index contributed by atoms with van der Waals surface area (Å²) in [4.78, 5) is 39.8. The maximum Gasteiger partial charge on any atom is 0.256 e. The number of aromatic nitrogens is 1. The molecule has 3 amide bonds. The van der Waals surface area contributed by atoms with Crippen molar-refractivity contribution < 1.29 is 29.0 Å². The Kier molecular flexibility index (Phi) is 7.85. The Hall–Kier alpha value is -3.50. The van der Waals surface area contributed by atoms with Crippen molar-refractivity contribution in [3.05, 3.63) is 52.1 Å². The molecular weight excluding hydrogens is 443 g/mol. The van der Waals surface area contributed by atoms with Gasteiger partial charge in [-0.3, -0.25) is 14.4 Å². The Bertz CT molecular complexity index is 1140. The number of hydrogen-bond donors (Lipinski definition) is 6. The van der Waals surface area contributed by atoms with Crippen molar-refractivity contribution >= 4 is 35.1 Å². The molecule has 10 heteroatoms. The number of carbonyl (C=O) groups is 3. The zero-order chi connectivity index (χ0) is 25.0. The van der Waals surface area contributed by atoms with Gasteiger partial charge in [-0.25, -0.2) is 4.39 Å². The van der Waals surface area contributed by atoms with Crippen LogP contribution in [0.15, 0.2) is 18.2 Å². The molecule has 0 spiro atoms. The van der Waals surface area contributed by atoms with Gasteiger partial charge in [0.1, 0.15) is 5.82 Å². The third-order valence-electron chi connectivity index (χ3n) is 5.59. The van der Waals surface area contributed by atoms with Crippen LogP contribution in [0.5, 0.6) is 0 Å². The van der Waals surface area contributed by atoms with E-state index in [-0.39, 0.29) is 36.8 Å². The van der Waals surface area contributed by atoms with Crippen LogP contribution in [0, 0.1) is 19.7 Å². The second-order valence-electron chi connectivity index (χ2n) is 8.28. The van der Waals surface area contributed by atoms with E-state index in [9.17, 15) is 29.0 Å². The fraction of sp³-hybridized carbons (Fsp3) is 0.375. The lowest BCUT2D eigenvalue weighted by Gasteiger charge is -2.16. The van der Waals surface area contributed by atoms with E-state index in [1.54, 1.807) is 26.8 Å². The van der Waals surface area contributed by atoms with Crippen LogP contribution in [0.4, 0.5) is 10.1 Å². The van der Waals surface area contributed by atoms with Crippen LogP contribution in [0.2, 0.25) is 0 Å². The van der Waals surface area contributed by atoms with Gasteiger partial charge in [-0.05, 0) is 50.6 Å². The van der Waals surface area contributed by atoms with E-state index in [4.69, 9.17) is 0 Å². The van der Waals surface area contributed by atoms with Crippen LogP contribution < -0.4 is 16.0 Å². The third-order valence-corrected chi connectivity index (χ3v) is 5.59. The maximum absolute atomic E-state index is 13.7. The second kappa shape index (κ2) is 10.6. The quantitative estimate of drug-likeness (QED) is 0.308. The highest BCUT2D eigenvalue weighted by molar-refractivity contribution is 6.34. The van der Waals surface area contributed by atoms with E-state index in [0.717, 1.165) is 0 Å². The van der Waals surface area contributed by atoms with E-state index in [1.807, 2.05) is 0 Å². The van der Waals surface area contributed by atoms with Gasteiger partial charge in [0.25, 0.3) is 11.8 Å². The highest BCUT2D eigenvalue weighted by Crippen LogP contribution is 2.34. The van der Waals surface area contributed by atoms with Crippen LogP contribution in [0.3, 0.4) is 0 Å². The number of carbonyl (C=O) groups excluding carboxylic acids is 3. The zero-order valence-electron chi connectivity index (χ0n) is 19.3. The first-order valence-corrected chi connectivity index (χ1v) is 11.0. The van der Waals surface area contributed by atoms with Gasteiger partial charge in [-0.15, -0.1) is 0 Å². The molecule has 6 N–H and O–H groups in total. The van der Waals surface area contributed by atoms with Gasteiger partial charge in [-0.1, -0.05) is 0 Å². The average Bonchev–Trinajstić information content (AvgIpc) is 3.21. The lowest BCUT2D eigenvalue weighted by atomic mass is 10.0. The normalized spacial score (nSPS) is 15.6. The second-order valence-corrected chi connectivity index (χ2v) is 8.28. The first-order valence-electron chi connectivity index (χ1n) is 11.0. The van der Waals surface area contributed by atoms with Crippen LogP contribution >= 0.6 is 0 Å². The summed E-state index contributed by atoms with van der Waals surface area (Å²) in [6, 6.07) is 4.04. The molecule has 2 aromatic rings. The summed E-state index contributed by atoms with van der Waals surface area (Å²) < 4.78 is 13.7. The maximum atomic E-state index is 13.7. The predicted octanol–water partition coefficient (Wildman–Crippen LogP) is 1.63. The molecular formula is C24H29FN4O5. The van der Waals surface area contributed by atoms with E-state index in [1.165, 1.54) is 18.2 Å². The van der Waals surface area contributed by atoms with E-state index >= 15 is 0 Å². The first kappa shape index (κ1) is 25.1. The summed E-state index contributed by atoms with van der Waals surface area (Å²) in [6.45, 7) is 5.53. The van der Waals surface area contributed by atoms with E-state index in [0.29, 0.717) is 40.3 Å². The van der Waals surface area contributed by atoms with Gasteiger partial charge in [0.05, 0.1) is 29.8 Å². The monoisotopic (exact) mass is 472 g/mol. The molecule has 0 unspecified atom stereocenters. The Morgan fingerprint density at radius 1 is 1.18 bits per heavy atom. The van der Waals surface area contributed by atoms with Crippen molar-refractivity contribution in [3.63, 3.8) is 0 Å². The molecule has 0 aliphatic carbocycles. The van der Waals surface area contributed by atoms with Crippen LogP contribution in [-0.2, 0) is 9.59 Å². The third kappa shape index (κ3) is 5.70. The molecule has 2 atom stereocenters. The number of anilines is 1. The summed E-state index contributed by atoms with van der Waals surface area (Å²) in [7, 11) is 0. The van der Waals surface area contributed by atoms with E-state index in [2.05, 4.69) is 20.9 Å². The minimum Gasteiger partial charge on any atom is -0.392 e. The summed E-state index contributed by atoms with van der Waals surface area (Å²) in [5.74, 6) is -1.58. The molecule has 1 aromatic carbocycles. The number of fused-ring (bicyclic) bond motifs is 1. The predicted molar refractivity (Wildman–Crippen MR) is 125 cm³/mol. The number of amides is 3. The van der Waals surface area contributed by atoms with Crippen molar-refractivity contribution in [1.29, 1.82) is 0 Å². The van der Waals surface area contributed by atoms with Gasteiger partial charge in [0.2, 0.25) is 5.91 Å². The number of aliphatic hydroxyl groups is 2. The molecule has 1 aromatic heterocycles. The van der Waals surface area contributed by atoms with Crippen LogP contribution in [0.25, 0.3) is 11.6 Å². The minimum atomic E-state index is -1.04. The smallest absolute Gasteiger partial charge is 0.256 e. The standard InChI is InChI=1S/C24H29FN4O5/c1-4-26-21(32)9-15(30)8-16(31)11-27-24(34)22-12(2)20(28-13(22)3)10-18-17-7-14(25)5-6-19(17)29-23(18)33/h5-7,10,15-16,28,30-31H,4,8-9,11H2,1-3H3,(H,26,32)(H,27,34)(H,29,33)/b18-10-/t15-,16+/m1/s1. The van der Waals surface area contributed by atoms with Crippen molar-refractivity contribution in [2.24, 2.45) is 0 Å². The minimum absolute atomic E-state index is 0.0645. The lowest BCUT2D eigenvalue weighted by molar-refractivity contribution is -0.123. The number of nitrogens with one attached hydrogen (secondary N) is 4. The number of aromatic amines is 1. The number of hydrogen-bond acceptors (Lipinski definition) is 5. The van der Waals surface area contributed by atoms with Gasteiger partial charge < -0.3 is 31.1 Å². The molecule has 3 rings (SSSR count). The fourth-order valence-electron chi connectivity index (χ4n) is 3.97. The average molecular weight is 473 g/mol. The van der Waals surface area contributed by atoms with Gasteiger partial charge >= 0.3 is 0 Å². The molecule has 0 bridgehead atoms. The largest absolute Gasteiger partial charge is 0.392 e. The van der Waals surface area contributed by atoms with Crippen LogP contribution in [0.1, 0.15) is 52.6 Å². The van der Waals surface area contributed by atoms with Gasteiger partial charge in [0, 0.05) is 42.1 Å². The lowest BCUT2D eigenvalue weighted by Crippen LogP contribution is -2.35. The molecule has 1 aliphatic heterocycles. The number of benzene rings is 1. The number of rotatable bonds is 9. The van der Waals surface area contributed by atoms with Gasteiger partial charge in [0.15, 0.2) is 0 Å². The van der Waals surface area contributed by atoms with Crippen molar-refractivity contribution in [2.75, 3.05) is 18.4 Å². The van der Waals surface area contributed by atoms with Gasteiger partial charge in [-0.2, -0.15) is 0 Å². The fourth-order valence-corrected chi connectivity index (χ4v) is 3.97. The summed E-state index contributed by atoms with van der Waals surface area (Å²) in [5.41, 5.74) is 3.28. The van der Waals surface area contributed by atoms with E-state index < -0.39 is 23.9 Å². The van der Waals surface area contributed by atoms with Crippen molar-refractivity contribution in [1.82, 2.24) is 15.6 Å². The number of aryl methyl sites for hydroxylation is 1. The Morgan fingerprint density at radius 3 is 2.62 bits per heavy atom. The van der Waals surface area contributed by atoms with Crippen molar-refractivity contribution in [3.8, 4) is 0 Å². The van der Waals surface area contributed by atoms with Crippen molar-refractivity contribution in [2.45, 2.75) is 45.8 Å². The SMILES string of the molecule is CCNC(=O)C[C@H](O)C[C@H](O)CNC(=O)c1c(C)[nH]c(/C=C2\C(=O)Nc3ccc(F)cc32)c1C. The number of H-pyrrole nitrogens is 1. The highest BCUT2D eigenvalue weighted by atomic mass is 19.1. The van der Waals surface area contributed by atoms with Crippen LogP contribution in [-0.4, -0.2) is 58.2 Å². The summed E-state index contributed by atoms with van der Waals surface area (Å²) in [6.07, 6.45) is -0.689. The molecule has 2 heterocycles. The summed E-state index contributed by atoms with van der Waals surface area (Å²) >= 11 is 0. The molecule has 0 saturated carbocycles. The Morgan fingerprint density at radius 2 is 1.91 bits per heavy atom. The topological polar surface area (TPSA) is 144 Å². The Labute approximate surface area is 196 Å². The zero-order valence-corrected chi connectivity index (χ0v) is 19.3. The number of aliphatic hydroxyl groups excluding tert-OH is 2. The first-order chi connectivity index (χ1) is 16.1. The summed E-state index contributed by atoms with van der Waals surface area (Å²) in [5, 5.41) is 28.0. The molecule has 182 valence electrons. The number of halogens is 1. The molecule has 0 saturated heterocycles.